The van der Waals surface area contributed by atoms with Crippen molar-refractivity contribution >= 4 is 23.1 Å². The zero-order chi connectivity index (χ0) is 23.7. The van der Waals surface area contributed by atoms with Crippen molar-refractivity contribution in [2.24, 2.45) is 11.1 Å². The molecule has 0 saturated carbocycles. The number of rotatable bonds is 3. The van der Waals surface area contributed by atoms with E-state index in [0.717, 1.165) is 67.4 Å². The van der Waals surface area contributed by atoms with Crippen LogP contribution in [0.15, 0.2) is 40.9 Å². The lowest BCUT2D eigenvalue weighted by Gasteiger charge is -2.42. The molecule has 35 heavy (non-hydrogen) atoms. The second-order valence-electron chi connectivity index (χ2n) is 10.3. The van der Waals surface area contributed by atoms with Gasteiger partial charge in [0.05, 0.1) is 29.8 Å². The summed E-state index contributed by atoms with van der Waals surface area (Å²) >= 11 is 1.71. The van der Waals surface area contributed by atoms with Gasteiger partial charge in [0, 0.05) is 41.8 Å². The quantitative estimate of drug-likeness (QED) is 0.470. The molecule has 0 aromatic carbocycles. The van der Waals surface area contributed by atoms with Crippen LogP contribution >= 0.6 is 11.8 Å². The minimum Gasteiger partial charge on any atom is -0.355 e. The highest BCUT2D eigenvalue weighted by atomic mass is 32.2. The average molecular weight is 487 g/mol. The topological polar surface area (TPSA) is 90.2 Å². The molecular weight excluding hydrogens is 456 g/mol. The molecule has 3 aliphatic rings. The Hall–Kier alpha value is -2.91. The maximum Gasteiger partial charge on any atom is 0.154 e. The van der Waals surface area contributed by atoms with E-state index in [1.54, 1.807) is 11.8 Å². The lowest BCUT2D eigenvalue weighted by molar-refractivity contribution is 0.170. The molecule has 2 N–H and O–H groups in total. The smallest absolute Gasteiger partial charge is 0.154 e. The molecule has 6 heterocycles. The van der Waals surface area contributed by atoms with E-state index in [2.05, 4.69) is 36.9 Å². The van der Waals surface area contributed by atoms with E-state index in [9.17, 15) is 0 Å². The number of imidazole rings is 1. The summed E-state index contributed by atoms with van der Waals surface area (Å²) in [5.41, 5.74) is 14.4. The summed E-state index contributed by atoms with van der Waals surface area (Å²) in [6, 6.07) is 2.16. The van der Waals surface area contributed by atoms with Gasteiger partial charge in [-0.25, -0.2) is 9.97 Å². The van der Waals surface area contributed by atoms with E-state index in [1.165, 1.54) is 33.8 Å². The molecule has 180 valence electrons. The number of piperidine rings is 1. The zero-order valence-electron chi connectivity index (χ0n) is 20.2. The predicted molar refractivity (Wildman–Crippen MR) is 136 cm³/mol. The van der Waals surface area contributed by atoms with Crippen molar-refractivity contribution in [1.29, 1.82) is 0 Å². The van der Waals surface area contributed by atoms with Crippen molar-refractivity contribution in [2.75, 3.05) is 18.0 Å². The van der Waals surface area contributed by atoms with E-state index in [-0.39, 0.29) is 11.5 Å². The minimum absolute atomic E-state index is 0.0905. The number of fused-ring (bicyclic) bond motifs is 4. The third-order valence-electron chi connectivity index (χ3n) is 8.52. The predicted octanol–water partition coefficient (Wildman–Crippen LogP) is 3.88. The SMILES string of the molecule is Cc1nccc(Sc2cnc(N3CCC4(CC3)Cn3nc5c(c3[C@@H]4N)CCC5)c3cncn23)c1C. The first-order chi connectivity index (χ1) is 17.0. The van der Waals surface area contributed by atoms with Gasteiger partial charge in [0.1, 0.15) is 16.9 Å². The first-order valence-corrected chi connectivity index (χ1v) is 13.4. The largest absolute Gasteiger partial charge is 0.355 e. The number of nitrogens with two attached hydrogens (primary N) is 1. The number of pyridine rings is 1. The highest BCUT2D eigenvalue weighted by Gasteiger charge is 2.49. The van der Waals surface area contributed by atoms with Crippen molar-refractivity contribution in [1.82, 2.24) is 29.1 Å². The Kier molecular flexibility index (Phi) is 4.76. The number of hydrogen-bond acceptors (Lipinski definition) is 7. The number of hydrogen-bond donors (Lipinski definition) is 1. The average Bonchev–Trinajstić information content (AvgIpc) is 3.62. The molecule has 1 fully saturated rings. The van der Waals surface area contributed by atoms with E-state index in [4.69, 9.17) is 15.8 Å². The summed E-state index contributed by atoms with van der Waals surface area (Å²) in [5.74, 6) is 1.01. The molecule has 1 atom stereocenters. The third kappa shape index (κ3) is 3.17. The van der Waals surface area contributed by atoms with Crippen LogP contribution in [0.4, 0.5) is 5.82 Å². The van der Waals surface area contributed by atoms with Gasteiger partial charge in [-0.2, -0.15) is 5.10 Å². The van der Waals surface area contributed by atoms with E-state index in [0.29, 0.717) is 0 Å². The Labute approximate surface area is 209 Å². The van der Waals surface area contributed by atoms with E-state index in [1.807, 2.05) is 31.8 Å². The summed E-state index contributed by atoms with van der Waals surface area (Å²) in [4.78, 5) is 17.4. The second-order valence-corrected chi connectivity index (χ2v) is 11.4. The number of aromatic nitrogens is 6. The lowest BCUT2D eigenvalue weighted by Crippen LogP contribution is -2.45. The van der Waals surface area contributed by atoms with Crippen molar-refractivity contribution < 1.29 is 0 Å². The maximum atomic E-state index is 6.93. The van der Waals surface area contributed by atoms with E-state index >= 15 is 0 Å². The van der Waals surface area contributed by atoms with Gasteiger partial charge in [-0.05, 0) is 63.1 Å². The molecule has 0 radical (unpaired) electrons. The Morgan fingerprint density at radius 1 is 1.11 bits per heavy atom. The van der Waals surface area contributed by atoms with Gasteiger partial charge < -0.3 is 10.6 Å². The normalized spacial score (nSPS) is 20.7. The zero-order valence-corrected chi connectivity index (χ0v) is 21.1. The van der Waals surface area contributed by atoms with Crippen molar-refractivity contribution in [3.05, 3.63) is 59.2 Å². The van der Waals surface area contributed by atoms with Gasteiger partial charge in [0.25, 0.3) is 0 Å². The van der Waals surface area contributed by atoms with E-state index < -0.39 is 0 Å². The highest BCUT2D eigenvalue weighted by molar-refractivity contribution is 7.99. The Morgan fingerprint density at radius 2 is 1.97 bits per heavy atom. The lowest BCUT2D eigenvalue weighted by atomic mass is 9.73. The van der Waals surface area contributed by atoms with Crippen molar-refractivity contribution in [3.8, 4) is 0 Å². The minimum atomic E-state index is 0.0905. The Morgan fingerprint density at radius 3 is 2.83 bits per heavy atom. The first kappa shape index (κ1) is 21.4. The summed E-state index contributed by atoms with van der Waals surface area (Å²) in [6.45, 7) is 7.02. The third-order valence-corrected chi connectivity index (χ3v) is 9.69. The van der Waals surface area contributed by atoms with Crippen molar-refractivity contribution in [2.45, 2.75) is 68.5 Å². The number of aryl methyl sites for hydroxylation is 2. The standard InChI is InChI=1S/C26H30N8S/c1-16-17(2)29-9-6-21(16)35-22-13-30-25(20-12-28-15-33(20)22)32-10-7-26(8-11-32)14-34-23(24(26)27)18-4-3-5-19(18)31-34/h6,9,12-13,15,24H,3-5,7-8,10-11,14,27H2,1-2H3/t24-/m0/s1. The summed E-state index contributed by atoms with van der Waals surface area (Å²) in [7, 11) is 0. The molecule has 1 spiro atoms. The Balaban J connectivity index is 1.13. The number of anilines is 1. The van der Waals surface area contributed by atoms with Gasteiger partial charge in [-0.15, -0.1) is 0 Å². The molecule has 4 aromatic heterocycles. The van der Waals surface area contributed by atoms with Gasteiger partial charge in [-0.1, -0.05) is 11.8 Å². The van der Waals surface area contributed by atoms with Crippen LogP contribution in [0.3, 0.4) is 0 Å². The monoisotopic (exact) mass is 486 g/mol. The molecule has 1 saturated heterocycles. The molecule has 8 nitrogen and oxygen atoms in total. The van der Waals surface area contributed by atoms with Crippen LogP contribution in [0, 0.1) is 19.3 Å². The van der Waals surface area contributed by atoms with Crippen LogP contribution in [-0.2, 0) is 19.4 Å². The van der Waals surface area contributed by atoms with Gasteiger partial charge >= 0.3 is 0 Å². The fourth-order valence-corrected chi connectivity index (χ4v) is 7.30. The molecule has 0 unspecified atom stereocenters. The first-order valence-electron chi connectivity index (χ1n) is 12.5. The van der Waals surface area contributed by atoms with Gasteiger partial charge in [-0.3, -0.25) is 14.1 Å². The molecular formula is C26H30N8S. The summed E-state index contributed by atoms with van der Waals surface area (Å²) in [5, 5.41) is 5.99. The molecule has 4 aromatic rings. The molecule has 1 aliphatic carbocycles. The molecule has 7 rings (SSSR count). The number of nitrogens with zero attached hydrogens (tertiary/aromatic N) is 7. The van der Waals surface area contributed by atoms with Gasteiger partial charge in [0.15, 0.2) is 5.82 Å². The van der Waals surface area contributed by atoms with Crippen LogP contribution in [-0.4, -0.2) is 42.2 Å². The molecule has 9 heteroatoms. The molecule has 0 bridgehead atoms. The fourth-order valence-electron chi connectivity index (χ4n) is 6.30. The van der Waals surface area contributed by atoms with Crippen LogP contribution < -0.4 is 10.6 Å². The van der Waals surface area contributed by atoms with Gasteiger partial charge in [0.2, 0.25) is 0 Å². The summed E-state index contributed by atoms with van der Waals surface area (Å²) in [6.07, 6.45) is 13.3. The fraction of sp³-hybridized carbons (Fsp3) is 0.462. The van der Waals surface area contributed by atoms with Crippen molar-refractivity contribution in [3.63, 3.8) is 0 Å². The van der Waals surface area contributed by atoms with Crippen LogP contribution in [0.1, 0.15) is 53.5 Å². The van der Waals surface area contributed by atoms with Crippen LogP contribution in [0.25, 0.3) is 5.52 Å². The van der Waals surface area contributed by atoms with Crippen LogP contribution in [0.2, 0.25) is 0 Å². The van der Waals surface area contributed by atoms with Crippen LogP contribution in [0.5, 0.6) is 0 Å². The summed E-state index contributed by atoms with van der Waals surface area (Å²) < 4.78 is 4.40. The Bertz CT molecular complexity index is 1450. The second kappa shape index (κ2) is 7.80. The maximum absolute atomic E-state index is 6.93. The molecule has 0 amide bonds. The molecule has 2 aliphatic heterocycles. The highest BCUT2D eigenvalue weighted by Crippen LogP contribution is 2.50.